The average molecular weight is 362 g/mol. The molecule has 1 heterocycles. The molecule has 0 N–H and O–H groups in total. The molecule has 0 unspecified atom stereocenters. The summed E-state index contributed by atoms with van der Waals surface area (Å²) < 4.78 is 10.9. The van der Waals surface area contributed by atoms with Crippen LogP contribution in [0, 0.1) is 11.3 Å². The Kier molecular flexibility index (Phi) is 5.45. The van der Waals surface area contributed by atoms with Crippen molar-refractivity contribution in [3.8, 4) is 40.0 Å². The summed E-state index contributed by atoms with van der Waals surface area (Å²) in [6, 6.07) is 19.7. The molecule has 3 rings (SSSR count). The van der Waals surface area contributed by atoms with E-state index in [0.29, 0.717) is 16.3 Å². The van der Waals surface area contributed by atoms with Gasteiger partial charge in [0.2, 0.25) is 0 Å². The van der Waals surface area contributed by atoms with Crippen LogP contribution in [0.1, 0.15) is 5.56 Å². The molecule has 0 bridgehead atoms. The lowest BCUT2D eigenvalue weighted by Crippen LogP contribution is -1.97. The van der Waals surface area contributed by atoms with Gasteiger partial charge in [0.25, 0.3) is 0 Å². The van der Waals surface area contributed by atoms with Gasteiger partial charge in [0, 0.05) is 11.1 Å². The Hall–Kier alpha value is -2.97. The lowest BCUT2D eigenvalue weighted by molar-refractivity contribution is 0.404. The summed E-state index contributed by atoms with van der Waals surface area (Å²) in [6.45, 7) is 0. The molecular weight excluding hydrogens is 344 g/mol. The van der Waals surface area contributed by atoms with E-state index in [4.69, 9.17) is 14.5 Å². The summed E-state index contributed by atoms with van der Waals surface area (Å²) >= 11 is 1.46. The third-order valence-electron chi connectivity index (χ3n) is 4.06. The maximum Gasteiger partial charge on any atom is 0.128 e. The van der Waals surface area contributed by atoms with E-state index in [9.17, 15) is 5.26 Å². The largest absolute Gasteiger partial charge is 0.497 e. The molecule has 0 fully saturated rings. The zero-order valence-corrected chi connectivity index (χ0v) is 15.6. The molecule has 3 aromatic rings. The van der Waals surface area contributed by atoms with Gasteiger partial charge in [-0.15, -0.1) is 11.8 Å². The molecule has 0 amide bonds. The SMILES string of the molecule is COc1ccc(OC)c(-c2cc(-c3ccccc3)c(C#N)c(SC)n2)c1. The molecule has 4 nitrogen and oxygen atoms in total. The first-order chi connectivity index (χ1) is 12.7. The van der Waals surface area contributed by atoms with Crippen LogP contribution < -0.4 is 9.47 Å². The smallest absolute Gasteiger partial charge is 0.128 e. The number of aromatic nitrogens is 1. The number of ether oxygens (including phenoxy) is 2. The maximum absolute atomic E-state index is 9.69. The van der Waals surface area contributed by atoms with Crippen molar-refractivity contribution in [3.63, 3.8) is 0 Å². The zero-order valence-electron chi connectivity index (χ0n) is 14.8. The maximum atomic E-state index is 9.69. The molecule has 0 radical (unpaired) electrons. The van der Waals surface area contributed by atoms with Crippen LogP contribution in [0.2, 0.25) is 0 Å². The van der Waals surface area contributed by atoms with Crippen LogP contribution in [0.25, 0.3) is 22.4 Å². The highest BCUT2D eigenvalue weighted by Gasteiger charge is 2.17. The second-order valence-electron chi connectivity index (χ2n) is 5.48. The molecule has 0 atom stereocenters. The Morgan fingerprint density at radius 3 is 2.35 bits per heavy atom. The molecule has 0 spiro atoms. The predicted molar refractivity (Wildman–Crippen MR) is 105 cm³/mol. The van der Waals surface area contributed by atoms with Crippen molar-refractivity contribution in [2.24, 2.45) is 0 Å². The number of nitriles is 1. The Morgan fingerprint density at radius 2 is 1.73 bits per heavy atom. The Labute approximate surface area is 157 Å². The summed E-state index contributed by atoms with van der Waals surface area (Å²) in [5, 5.41) is 10.4. The van der Waals surface area contributed by atoms with E-state index in [1.54, 1.807) is 14.2 Å². The number of rotatable bonds is 5. The zero-order chi connectivity index (χ0) is 18.5. The van der Waals surface area contributed by atoms with Crippen LogP contribution in [0.15, 0.2) is 59.6 Å². The molecule has 0 aliphatic rings. The van der Waals surface area contributed by atoms with E-state index in [0.717, 1.165) is 28.1 Å². The molecule has 0 saturated carbocycles. The second kappa shape index (κ2) is 7.94. The van der Waals surface area contributed by atoms with E-state index >= 15 is 0 Å². The van der Waals surface area contributed by atoms with Crippen LogP contribution in [0.5, 0.6) is 11.5 Å². The minimum absolute atomic E-state index is 0.578. The summed E-state index contributed by atoms with van der Waals surface area (Å²) in [4.78, 5) is 4.71. The topological polar surface area (TPSA) is 55.1 Å². The van der Waals surface area contributed by atoms with E-state index in [1.807, 2.05) is 60.9 Å². The van der Waals surface area contributed by atoms with Gasteiger partial charge in [-0.3, -0.25) is 0 Å². The summed E-state index contributed by atoms with van der Waals surface area (Å²) in [5.74, 6) is 1.42. The van der Waals surface area contributed by atoms with Gasteiger partial charge in [0.05, 0.1) is 25.5 Å². The van der Waals surface area contributed by atoms with Crippen LogP contribution in [-0.4, -0.2) is 25.5 Å². The van der Waals surface area contributed by atoms with Gasteiger partial charge >= 0.3 is 0 Å². The quantitative estimate of drug-likeness (QED) is 0.596. The van der Waals surface area contributed by atoms with Gasteiger partial charge in [-0.2, -0.15) is 5.26 Å². The highest BCUT2D eigenvalue weighted by Crippen LogP contribution is 2.37. The van der Waals surface area contributed by atoms with Crippen molar-refractivity contribution >= 4 is 11.8 Å². The number of thioether (sulfide) groups is 1. The Balaban J connectivity index is 2.29. The van der Waals surface area contributed by atoms with Gasteiger partial charge in [-0.05, 0) is 36.1 Å². The third kappa shape index (κ3) is 3.37. The highest BCUT2D eigenvalue weighted by molar-refractivity contribution is 7.98. The summed E-state index contributed by atoms with van der Waals surface area (Å²) in [6.07, 6.45) is 1.92. The minimum atomic E-state index is 0.578. The van der Waals surface area contributed by atoms with Gasteiger partial charge in [0.1, 0.15) is 22.6 Å². The molecule has 5 heteroatoms. The molecule has 130 valence electrons. The first-order valence-corrected chi connectivity index (χ1v) is 9.21. The standard InChI is InChI=1S/C21H18N2O2S/c1-24-15-9-10-20(25-2)17(11-15)19-12-16(14-7-5-4-6-8-14)18(13-22)21(23-19)26-3/h4-12H,1-3H3. The third-order valence-corrected chi connectivity index (χ3v) is 4.74. The lowest BCUT2D eigenvalue weighted by Gasteiger charge is -2.14. The van der Waals surface area contributed by atoms with Gasteiger partial charge in [0.15, 0.2) is 0 Å². The fourth-order valence-corrected chi connectivity index (χ4v) is 3.32. The Morgan fingerprint density at radius 1 is 0.962 bits per heavy atom. The first-order valence-electron chi connectivity index (χ1n) is 7.98. The lowest BCUT2D eigenvalue weighted by atomic mass is 9.99. The van der Waals surface area contributed by atoms with Crippen molar-refractivity contribution in [1.29, 1.82) is 5.26 Å². The molecule has 26 heavy (non-hydrogen) atoms. The van der Waals surface area contributed by atoms with Gasteiger partial charge in [-0.25, -0.2) is 4.98 Å². The number of hydrogen-bond donors (Lipinski definition) is 0. The number of methoxy groups -OCH3 is 2. The molecule has 0 aliphatic carbocycles. The van der Waals surface area contributed by atoms with E-state index < -0.39 is 0 Å². The second-order valence-corrected chi connectivity index (χ2v) is 6.28. The first kappa shape index (κ1) is 17.8. The Bertz CT molecular complexity index is 966. The van der Waals surface area contributed by atoms with E-state index in [2.05, 4.69) is 6.07 Å². The monoisotopic (exact) mass is 362 g/mol. The van der Waals surface area contributed by atoms with Crippen LogP contribution in [0.4, 0.5) is 0 Å². The molecular formula is C21H18N2O2S. The van der Waals surface area contributed by atoms with Crippen molar-refractivity contribution in [2.45, 2.75) is 5.03 Å². The molecule has 0 saturated heterocycles. The van der Waals surface area contributed by atoms with Crippen molar-refractivity contribution in [2.75, 3.05) is 20.5 Å². The molecule has 2 aromatic carbocycles. The van der Waals surface area contributed by atoms with Crippen molar-refractivity contribution in [1.82, 2.24) is 4.98 Å². The predicted octanol–water partition coefficient (Wildman–Crippen LogP) is 5.03. The summed E-state index contributed by atoms with van der Waals surface area (Å²) in [5.41, 5.74) is 3.97. The molecule has 1 aromatic heterocycles. The minimum Gasteiger partial charge on any atom is -0.497 e. The van der Waals surface area contributed by atoms with Crippen molar-refractivity contribution < 1.29 is 9.47 Å². The number of pyridine rings is 1. The molecule has 0 aliphatic heterocycles. The number of benzene rings is 2. The van der Waals surface area contributed by atoms with Crippen LogP contribution >= 0.6 is 11.8 Å². The van der Waals surface area contributed by atoms with E-state index in [-0.39, 0.29) is 0 Å². The van der Waals surface area contributed by atoms with E-state index in [1.165, 1.54) is 11.8 Å². The van der Waals surface area contributed by atoms with Gasteiger partial charge in [-0.1, -0.05) is 30.3 Å². The van der Waals surface area contributed by atoms with Crippen LogP contribution in [-0.2, 0) is 0 Å². The van der Waals surface area contributed by atoms with Crippen LogP contribution in [0.3, 0.4) is 0 Å². The van der Waals surface area contributed by atoms with Gasteiger partial charge < -0.3 is 9.47 Å². The average Bonchev–Trinajstić information content (AvgIpc) is 2.72. The fourth-order valence-electron chi connectivity index (χ4n) is 2.78. The number of nitrogens with zero attached hydrogens (tertiary/aromatic N) is 2. The summed E-state index contributed by atoms with van der Waals surface area (Å²) in [7, 11) is 3.25. The highest BCUT2D eigenvalue weighted by atomic mass is 32.2. The van der Waals surface area contributed by atoms with Crippen molar-refractivity contribution in [3.05, 3.63) is 60.2 Å². The normalized spacial score (nSPS) is 10.2. The fraction of sp³-hybridized carbons (Fsp3) is 0.143. The number of hydrogen-bond acceptors (Lipinski definition) is 5.